The molecule has 0 aromatic heterocycles. The van der Waals surface area contributed by atoms with Crippen LogP contribution in [0.3, 0.4) is 0 Å². The van der Waals surface area contributed by atoms with Gasteiger partial charge in [-0.05, 0) is 97.1 Å². The molecular weight excluding hydrogens is 1280 g/mol. The lowest BCUT2D eigenvalue weighted by atomic mass is 10.0. The van der Waals surface area contributed by atoms with Crippen molar-refractivity contribution in [3.63, 3.8) is 0 Å². The van der Waals surface area contributed by atoms with Gasteiger partial charge in [-0.15, -0.1) is 0 Å². The summed E-state index contributed by atoms with van der Waals surface area (Å²) in [6.45, 7) is 0. The molecule has 28 nitrogen and oxygen atoms in total. The molecule has 4 unspecified atom stereocenters. The van der Waals surface area contributed by atoms with E-state index in [1.54, 1.807) is 48.5 Å². The number of nitrogens with zero attached hydrogens (tertiary/aromatic N) is 4. The molecule has 2 heterocycles. The van der Waals surface area contributed by atoms with E-state index in [1.165, 1.54) is 124 Å². The second-order valence-electron chi connectivity index (χ2n) is 19.7. The monoisotopic (exact) mass is 1340 g/mol. The lowest BCUT2D eigenvalue weighted by molar-refractivity contribution is -0.135. The molecule has 8 aromatic carbocycles. The van der Waals surface area contributed by atoms with Gasteiger partial charge in [-0.1, -0.05) is 99.5 Å². The summed E-state index contributed by atoms with van der Waals surface area (Å²) < 4.78 is 17.2. The van der Waals surface area contributed by atoms with E-state index in [4.69, 9.17) is 0 Å². The van der Waals surface area contributed by atoms with Crippen LogP contribution >= 0.6 is 33.5 Å². The first-order chi connectivity index (χ1) is 44.0. The fraction of sp³-hybridized carbons (Fsp3) is 0.133. The van der Waals surface area contributed by atoms with Gasteiger partial charge in [0.05, 0.1) is 138 Å². The summed E-state index contributed by atoms with van der Waals surface area (Å²) in [6.07, 6.45) is 2.13. The number of para-hydroxylation sites is 12. The predicted octanol–water partition coefficient (Wildman–Crippen LogP) is 15.1. The molecule has 16 N–H and O–H groups in total. The van der Waals surface area contributed by atoms with Crippen LogP contribution in [-0.2, 0) is 18.7 Å². The molecule has 1 fully saturated rings. The van der Waals surface area contributed by atoms with Crippen LogP contribution in [-0.4, -0.2) is 110 Å². The van der Waals surface area contributed by atoms with Gasteiger partial charge >= 0.3 is 23.9 Å². The molecule has 0 spiro atoms. The van der Waals surface area contributed by atoms with Crippen LogP contribution in [0.1, 0.15) is 68.1 Å². The van der Waals surface area contributed by atoms with Crippen molar-refractivity contribution in [2.75, 3.05) is 66.0 Å². The number of hydrogen-bond donors (Lipinski definition) is 16. The third kappa shape index (κ3) is 16.1. The molecule has 1 saturated carbocycles. The van der Waals surface area contributed by atoms with Crippen LogP contribution in [0.5, 0.6) is 0 Å². The Balaban J connectivity index is 0.000000244. The highest BCUT2D eigenvalue weighted by atomic mass is 31.2. The molecule has 0 radical (unpaired) electrons. The third-order valence-corrected chi connectivity index (χ3v) is 16.7. The first-order valence-corrected chi connectivity index (χ1v) is 32.7. The summed E-state index contributed by atoms with van der Waals surface area (Å²) in [6, 6.07) is 44.9. The fourth-order valence-corrected chi connectivity index (χ4v) is 12.2. The number of rotatable bonds is 16. The van der Waals surface area contributed by atoms with Crippen molar-refractivity contribution >= 4 is 148 Å². The van der Waals surface area contributed by atoms with E-state index < -0.39 is 82.5 Å². The Morgan fingerprint density at radius 3 is 0.859 bits per heavy atom. The molecule has 0 saturated heterocycles. The first-order valence-electron chi connectivity index (χ1n) is 27.1. The van der Waals surface area contributed by atoms with Gasteiger partial charge in [0.25, 0.3) is 0 Å². The van der Waals surface area contributed by atoms with Crippen molar-refractivity contribution < 1.29 is 98.9 Å². The number of aromatic carboxylic acids is 4. The second kappa shape index (κ2) is 32.0. The van der Waals surface area contributed by atoms with E-state index in [-0.39, 0.29) is 75.2 Å². The molecule has 0 amide bonds. The minimum atomic E-state index is -2.77. The largest absolute Gasteiger partial charge is 0.478 e. The third-order valence-electron chi connectivity index (χ3n) is 13.8. The molecule has 1 aliphatic carbocycles. The number of nitrogens with one attached hydrogen (secondary N) is 4. The van der Waals surface area contributed by atoms with Crippen LogP contribution in [0.15, 0.2) is 170 Å². The normalized spacial score (nSPS) is 14.0. The van der Waals surface area contributed by atoms with Gasteiger partial charge in [0.2, 0.25) is 33.5 Å². The molecular formula is C60H62N8O20P4. The van der Waals surface area contributed by atoms with Gasteiger partial charge in [-0.25, -0.2) is 40.2 Å². The summed E-state index contributed by atoms with van der Waals surface area (Å²) in [5, 5.41) is 92.3. The Kier molecular flexibility index (Phi) is 24.1. The van der Waals surface area contributed by atoms with Crippen LogP contribution in [0.4, 0.5) is 91.0 Å². The highest BCUT2D eigenvalue weighted by Gasteiger charge is 2.37. The summed E-state index contributed by atoms with van der Waals surface area (Å²) in [7, 11) is -10.9. The zero-order chi connectivity index (χ0) is 64.9. The van der Waals surface area contributed by atoms with Gasteiger partial charge < -0.3 is 80.9 Å². The predicted molar refractivity (Wildman–Crippen MR) is 353 cm³/mol. The molecule has 92 heavy (non-hydrogen) atoms. The van der Waals surface area contributed by atoms with Crippen molar-refractivity contribution in [3.05, 3.63) is 192 Å². The van der Waals surface area contributed by atoms with E-state index in [9.17, 15) is 80.2 Å². The maximum absolute atomic E-state index is 13.0. The maximum Gasteiger partial charge on any atom is 0.337 e. The zero-order valence-corrected chi connectivity index (χ0v) is 50.9. The number of fused-ring (bicyclic) bond motifs is 8. The van der Waals surface area contributed by atoms with E-state index >= 15 is 0 Å². The minimum Gasteiger partial charge on any atom is -0.478 e. The molecule has 482 valence electrons. The van der Waals surface area contributed by atoms with Crippen molar-refractivity contribution in [1.82, 2.24) is 0 Å². The zero-order valence-electron chi connectivity index (χ0n) is 47.3. The summed E-state index contributed by atoms with van der Waals surface area (Å²) in [5.74, 6) is -5.09. The minimum absolute atomic E-state index is 0. The lowest BCUT2D eigenvalue weighted by Gasteiger charge is -2.41. The van der Waals surface area contributed by atoms with Gasteiger partial charge in [0, 0.05) is 0 Å². The molecule has 3 aliphatic rings. The number of benzene rings is 8. The van der Waals surface area contributed by atoms with Crippen LogP contribution in [0, 0.1) is 0 Å². The standard InChI is InChI=1S/C30H32N4O16P4.C26H20N4O4.C3H6.CH4/c35-29(36)19-7-5-13-25-27(19)33(17-53(45)49-41)23-11-3-4-12-24(23)34(18-54(46)50-42)28-20(30(37)38)8-6-14-26(28)32(16-52(44)48-40)22-10-2-1-9-21(22)31(25)15-51(43)47-39;31-25(32)15-7-5-13-21-23(15)29-19-11-3-4-12-20(19)30-24-16(26(33)34)8-6-14-22(24)28-18-10-2-1-9-17(18)27-21;1-2-3-1;/h1-14,39-46H,15-18H2,(H,35,36)(H,37,38);1-14,27-30H,(H,31,32)(H,33,34);1-3H2;1H4. The van der Waals surface area contributed by atoms with Crippen LogP contribution < -0.4 is 40.9 Å². The quantitative estimate of drug-likeness (QED) is 0.0243. The number of hydrogen-bond acceptors (Lipinski definition) is 24. The van der Waals surface area contributed by atoms with E-state index in [2.05, 4.69) is 40.0 Å². The average Bonchev–Trinajstić information content (AvgIpc) is 0.750. The number of carbonyl (C=O) groups is 4. The Labute approximate surface area is 529 Å². The van der Waals surface area contributed by atoms with Gasteiger partial charge in [0.1, 0.15) is 0 Å². The summed E-state index contributed by atoms with van der Waals surface area (Å²) in [5.41, 5.74) is 3.81. The van der Waals surface area contributed by atoms with Crippen molar-refractivity contribution in [2.45, 2.75) is 26.7 Å². The molecule has 4 atom stereocenters. The van der Waals surface area contributed by atoms with Crippen LogP contribution in [0.25, 0.3) is 0 Å². The van der Waals surface area contributed by atoms with Gasteiger partial charge in [-0.3, -0.25) is 0 Å². The molecule has 8 aromatic rings. The number of anilines is 16. The maximum atomic E-state index is 13.0. The molecule has 2 aliphatic heterocycles. The molecule has 11 rings (SSSR count). The number of carboxylic acid groups (broad SMARTS) is 4. The Hall–Kier alpha value is -8.72. The average molecular weight is 1340 g/mol. The molecule has 0 bridgehead atoms. The van der Waals surface area contributed by atoms with E-state index in [0.717, 1.165) is 0 Å². The van der Waals surface area contributed by atoms with Gasteiger partial charge in [0.15, 0.2) is 0 Å². The van der Waals surface area contributed by atoms with Gasteiger partial charge in [-0.2, -0.15) is 18.7 Å². The fourth-order valence-electron chi connectivity index (χ4n) is 9.84. The van der Waals surface area contributed by atoms with E-state index in [1.807, 2.05) is 36.4 Å². The smallest absolute Gasteiger partial charge is 0.337 e. The topological polar surface area (TPSA) is 409 Å². The highest BCUT2D eigenvalue weighted by molar-refractivity contribution is 7.47. The van der Waals surface area contributed by atoms with Crippen molar-refractivity contribution in [3.8, 4) is 0 Å². The number of carboxylic acids is 4. The van der Waals surface area contributed by atoms with E-state index in [0.29, 0.717) is 45.5 Å². The Morgan fingerprint density at radius 1 is 0.326 bits per heavy atom. The second-order valence-corrected chi connectivity index (χ2v) is 24.3. The Morgan fingerprint density at radius 2 is 0.565 bits per heavy atom. The summed E-state index contributed by atoms with van der Waals surface area (Å²) in [4.78, 5) is 98.5. The van der Waals surface area contributed by atoms with Crippen molar-refractivity contribution in [1.29, 1.82) is 0 Å². The molecule has 32 heteroatoms. The summed E-state index contributed by atoms with van der Waals surface area (Å²) >= 11 is 0. The van der Waals surface area contributed by atoms with Crippen LogP contribution in [0.2, 0.25) is 0 Å². The first kappa shape index (κ1) is 69.2. The SMILES string of the molecule is C.C1CC1.O=C(O)c1cccc2c1N(CP(O)OO)c1ccccc1N(CP(O)OO)c1c(C(=O)O)cccc1N(CP(O)OO)c1ccccc1N2CP(O)OO.O=C(O)c1cccc2c1Nc1ccccc1Nc1c(cccc1C(=O)O)Nc1ccccc1N2. The van der Waals surface area contributed by atoms with Crippen molar-refractivity contribution in [2.24, 2.45) is 0 Å². The Bertz CT molecular complexity index is 3690. The lowest BCUT2D eigenvalue weighted by Crippen LogP contribution is -2.31. The highest BCUT2D eigenvalue weighted by Crippen LogP contribution is 2.56.